The van der Waals surface area contributed by atoms with Crippen molar-refractivity contribution in [2.45, 2.75) is 26.2 Å². The summed E-state index contributed by atoms with van der Waals surface area (Å²) in [6.07, 6.45) is 0. The second-order valence-corrected chi connectivity index (χ2v) is 28.4. The smallest absolute Gasteiger partial charge is 0.168 e. The first-order valence-corrected chi connectivity index (χ1v) is 37.6. The molecule has 0 unspecified atom stereocenters. The normalized spacial score (nSPS) is 11.2. The zero-order valence-electron chi connectivity index (χ0n) is 62.2. The number of aromatic nitrogens is 10. The van der Waals surface area contributed by atoms with E-state index in [1.54, 1.807) is 0 Å². The van der Waals surface area contributed by atoms with Crippen LogP contribution in [-0.4, -0.2) is 49.2 Å². The van der Waals surface area contributed by atoms with Crippen molar-refractivity contribution in [3.05, 3.63) is 412 Å². The third kappa shape index (κ3) is 15.4. The first-order chi connectivity index (χ1) is 55.2. The molecule has 0 saturated carbocycles. The van der Waals surface area contributed by atoms with Gasteiger partial charge in [0.25, 0.3) is 0 Å². The van der Waals surface area contributed by atoms with Crippen molar-refractivity contribution in [1.29, 1.82) is 0 Å². The van der Waals surface area contributed by atoms with Gasteiger partial charge in [-0.15, -0.1) is 10.2 Å². The molecule has 0 amide bonds. The van der Waals surface area contributed by atoms with E-state index in [1.165, 1.54) is 38.5 Å². The van der Waals surface area contributed by atoms with Gasteiger partial charge in [0.15, 0.2) is 46.6 Å². The molecule has 10 nitrogen and oxygen atoms in total. The van der Waals surface area contributed by atoms with Gasteiger partial charge in [-0.05, 0) is 122 Å². The third-order valence-electron chi connectivity index (χ3n) is 19.9. The van der Waals surface area contributed by atoms with E-state index in [0.717, 1.165) is 101 Å². The SMILES string of the molecule is CC(C)(C)c1ccc(-c2nnc(-c3ccc(-c4ccccc4)cc3)n2-c2ccccc2)cc1.c1ccc(-c2cccc(-c3nc(-c4cccc(-c5ccccc5)c4)nc(-c4cccc(-c5ccccc5)c4)n3)c2)cc1.c1ccc(-c2nc(-c3ccccc3)nc(-c3ccc(-n4c5ccccc5c5ccccc54)cc3)n2)cc1. The Balaban J connectivity index is 0.000000123. The molecule has 0 fully saturated rings. The predicted molar refractivity (Wildman–Crippen MR) is 459 cm³/mol. The van der Waals surface area contributed by atoms with Gasteiger partial charge >= 0.3 is 0 Å². The molecule has 0 aliphatic heterocycles. The van der Waals surface area contributed by atoms with E-state index in [2.05, 4.69) is 343 Å². The summed E-state index contributed by atoms with van der Waals surface area (Å²) in [5.41, 5.74) is 22.9. The van der Waals surface area contributed by atoms with Gasteiger partial charge in [-0.2, -0.15) is 0 Å². The molecule has 0 spiro atoms. The minimum Gasteiger partial charge on any atom is -0.309 e. The molecular weight excluding hydrogens is 1370 g/mol. The van der Waals surface area contributed by atoms with E-state index < -0.39 is 0 Å². The summed E-state index contributed by atoms with van der Waals surface area (Å²) in [5.74, 6) is 5.57. The predicted octanol–water partition coefficient (Wildman–Crippen LogP) is 25.4. The van der Waals surface area contributed by atoms with E-state index in [9.17, 15) is 0 Å². The van der Waals surface area contributed by atoms with Gasteiger partial charge in [-0.25, -0.2) is 29.9 Å². The highest BCUT2D eigenvalue weighted by atomic mass is 15.3. The quantitative estimate of drug-likeness (QED) is 0.106. The molecule has 4 heterocycles. The van der Waals surface area contributed by atoms with Crippen LogP contribution in [0.2, 0.25) is 0 Å². The molecule has 15 aromatic carbocycles. The summed E-state index contributed by atoms with van der Waals surface area (Å²) in [5, 5.41) is 11.7. The summed E-state index contributed by atoms with van der Waals surface area (Å²) in [4.78, 5) is 29.6. The molecule has 0 radical (unpaired) electrons. The van der Waals surface area contributed by atoms with Crippen molar-refractivity contribution in [2.24, 2.45) is 0 Å². The van der Waals surface area contributed by atoms with Crippen LogP contribution in [0.25, 0.3) is 169 Å². The van der Waals surface area contributed by atoms with Gasteiger partial charge < -0.3 is 4.57 Å². The highest BCUT2D eigenvalue weighted by Crippen LogP contribution is 2.37. The maximum Gasteiger partial charge on any atom is 0.168 e. The van der Waals surface area contributed by atoms with Gasteiger partial charge in [0.2, 0.25) is 0 Å². The average molecular weight is 1440 g/mol. The van der Waals surface area contributed by atoms with E-state index in [-0.39, 0.29) is 5.41 Å². The van der Waals surface area contributed by atoms with Crippen molar-refractivity contribution in [3.8, 4) is 147 Å². The average Bonchev–Trinajstić information content (AvgIpc) is 1.59. The maximum atomic E-state index is 5.03. The zero-order valence-corrected chi connectivity index (χ0v) is 62.2. The zero-order chi connectivity index (χ0) is 75.6. The molecule has 0 aliphatic rings. The molecule has 10 heteroatoms. The van der Waals surface area contributed by atoms with Crippen LogP contribution in [0.4, 0.5) is 0 Å². The third-order valence-corrected chi connectivity index (χ3v) is 19.9. The largest absolute Gasteiger partial charge is 0.309 e. The van der Waals surface area contributed by atoms with Crippen molar-refractivity contribution in [1.82, 2.24) is 49.2 Å². The molecule has 19 aromatic rings. The number of benzene rings is 15. The molecule has 4 aromatic heterocycles. The second-order valence-electron chi connectivity index (χ2n) is 28.4. The molecule has 19 rings (SSSR count). The Morgan fingerprint density at radius 3 is 0.786 bits per heavy atom. The molecular formula is C102H76N10. The Morgan fingerprint density at radius 2 is 0.429 bits per heavy atom. The van der Waals surface area contributed by atoms with Crippen LogP contribution < -0.4 is 0 Å². The van der Waals surface area contributed by atoms with Gasteiger partial charge in [0, 0.05) is 66.7 Å². The number of nitrogens with zero attached hydrogens (tertiary/aromatic N) is 10. The molecule has 0 aliphatic carbocycles. The first kappa shape index (κ1) is 70.3. The number of rotatable bonds is 14. The fourth-order valence-electron chi connectivity index (χ4n) is 14.1. The van der Waals surface area contributed by atoms with Gasteiger partial charge in [0.05, 0.1) is 11.0 Å². The van der Waals surface area contributed by atoms with Gasteiger partial charge in [0.1, 0.15) is 0 Å². The van der Waals surface area contributed by atoms with Crippen molar-refractivity contribution >= 4 is 21.8 Å². The fourth-order valence-corrected chi connectivity index (χ4v) is 14.1. The summed E-state index contributed by atoms with van der Waals surface area (Å²) >= 11 is 0. The van der Waals surface area contributed by atoms with E-state index >= 15 is 0 Å². The lowest BCUT2D eigenvalue weighted by atomic mass is 9.86. The van der Waals surface area contributed by atoms with Crippen molar-refractivity contribution in [2.75, 3.05) is 0 Å². The first-order valence-electron chi connectivity index (χ1n) is 37.6. The highest BCUT2D eigenvalue weighted by Gasteiger charge is 2.22. The van der Waals surface area contributed by atoms with E-state index in [1.807, 2.05) is 103 Å². The summed E-state index contributed by atoms with van der Waals surface area (Å²) in [7, 11) is 0. The Labute approximate surface area is 652 Å². The van der Waals surface area contributed by atoms with Crippen LogP contribution in [0.5, 0.6) is 0 Å². The highest BCUT2D eigenvalue weighted by molar-refractivity contribution is 6.09. The number of fused-ring (bicyclic) bond motifs is 3. The van der Waals surface area contributed by atoms with Crippen LogP contribution >= 0.6 is 0 Å². The van der Waals surface area contributed by atoms with Crippen LogP contribution in [0.3, 0.4) is 0 Å². The van der Waals surface area contributed by atoms with Crippen LogP contribution in [0.15, 0.2) is 406 Å². The lowest BCUT2D eigenvalue weighted by Crippen LogP contribution is -2.10. The van der Waals surface area contributed by atoms with Crippen LogP contribution in [0, 0.1) is 0 Å². The number of hydrogen-bond acceptors (Lipinski definition) is 8. The molecule has 534 valence electrons. The fraction of sp³-hybridized carbons (Fsp3) is 0.0392. The van der Waals surface area contributed by atoms with Gasteiger partial charge in [-0.3, -0.25) is 4.57 Å². The molecule has 0 atom stereocenters. The summed E-state index contributed by atoms with van der Waals surface area (Å²) < 4.78 is 4.45. The molecule has 0 saturated heterocycles. The number of hydrogen-bond donors (Lipinski definition) is 0. The monoisotopic (exact) mass is 1440 g/mol. The van der Waals surface area contributed by atoms with Crippen LogP contribution in [-0.2, 0) is 5.41 Å². The lowest BCUT2D eigenvalue weighted by molar-refractivity contribution is 0.590. The minimum absolute atomic E-state index is 0.108. The standard InChI is InChI=1S/C39H27N3.C33H22N4.C30H27N3/c1-4-13-28(14-5-1)31-19-10-22-34(25-31)37-40-38(35-23-11-20-32(26-35)29-15-6-2-7-16-29)42-39(41-37)36-24-12-21-33(27-36)30-17-8-3-9-18-30;1-3-11-23(12-4-1)31-34-32(24-13-5-2-6-14-24)36-33(35-31)25-19-21-26(22-20-25)37-29-17-9-7-15-27(29)28-16-8-10-18-30(28)37;1-30(2,3)26-20-18-25(19-21-26)29-32-31-28(33(29)27-12-8-5-9-13-27)24-16-14-23(15-17-24)22-10-6-4-7-11-22/h1-27H;1-22H;4-21H,1-3H3. The lowest BCUT2D eigenvalue weighted by Gasteiger charge is -2.19. The Bertz CT molecular complexity index is 6060. The molecule has 0 N–H and O–H groups in total. The Hall–Kier alpha value is -14.7. The topological polar surface area (TPSA) is 113 Å². The second kappa shape index (κ2) is 32.0. The van der Waals surface area contributed by atoms with E-state index in [0.29, 0.717) is 34.9 Å². The van der Waals surface area contributed by atoms with Crippen molar-refractivity contribution < 1.29 is 0 Å². The van der Waals surface area contributed by atoms with E-state index in [4.69, 9.17) is 29.9 Å². The minimum atomic E-state index is 0.108. The molecule has 112 heavy (non-hydrogen) atoms. The van der Waals surface area contributed by atoms with Crippen molar-refractivity contribution in [3.63, 3.8) is 0 Å². The summed E-state index contributed by atoms with van der Waals surface area (Å²) in [6.45, 7) is 6.68. The van der Waals surface area contributed by atoms with Crippen LogP contribution in [0.1, 0.15) is 26.3 Å². The molecule has 0 bridgehead atoms. The number of para-hydroxylation sites is 3. The van der Waals surface area contributed by atoms with Gasteiger partial charge in [-0.1, -0.05) is 360 Å². The maximum absolute atomic E-state index is 5.03. The summed E-state index contributed by atoms with van der Waals surface area (Å²) in [6, 6.07) is 140. The Kier molecular flexibility index (Phi) is 20.1. The Morgan fingerprint density at radius 1 is 0.188 bits per heavy atom.